The summed E-state index contributed by atoms with van der Waals surface area (Å²) in [6, 6.07) is 10.5. The molecule has 3 heteroatoms. The van der Waals surface area contributed by atoms with Gasteiger partial charge in [0.1, 0.15) is 5.82 Å². The van der Waals surface area contributed by atoms with Crippen molar-refractivity contribution in [2.45, 2.75) is 39.4 Å². The number of nitrogens with zero attached hydrogens (tertiary/aromatic N) is 2. The van der Waals surface area contributed by atoms with Gasteiger partial charge < -0.3 is 9.88 Å². The van der Waals surface area contributed by atoms with Gasteiger partial charge in [-0.2, -0.15) is 0 Å². The highest BCUT2D eigenvalue weighted by molar-refractivity contribution is 5.14. The lowest BCUT2D eigenvalue weighted by atomic mass is 10.2. The largest absolute Gasteiger partial charge is 0.334 e. The third kappa shape index (κ3) is 3.70. The van der Waals surface area contributed by atoms with E-state index < -0.39 is 0 Å². The molecule has 0 amide bonds. The fourth-order valence-electron chi connectivity index (χ4n) is 1.95. The smallest absolute Gasteiger partial charge is 0.122 e. The number of rotatable bonds is 7. The molecule has 2 aromatic rings. The van der Waals surface area contributed by atoms with Crippen LogP contribution in [-0.4, -0.2) is 9.55 Å². The van der Waals surface area contributed by atoms with Crippen molar-refractivity contribution in [3.63, 3.8) is 0 Å². The molecule has 0 atom stereocenters. The van der Waals surface area contributed by atoms with E-state index >= 15 is 0 Å². The summed E-state index contributed by atoms with van der Waals surface area (Å²) in [5, 5.41) is 3.44. The molecule has 18 heavy (non-hydrogen) atoms. The van der Waals surface area contributed by atoms with Crippen molar-refractivity contribution in [3.05, 3.63) is 54.1 Å². The highest BCUT2D eigenvalue weighted by atomic mass is 15.1. The predicted molar refractivity (Wildman–Crippen MR) is 74.1 cm³/mol. The molecule has 1 aromatic carbocycles. The van der Waals surface area contributed by atoms with Crippen LogP contribution in [0.25, 0.3) is 0 Å². The van der Waals surface area contributed by atoms with Crippen molar-refractivity contribution in [1.82, 2.24) is 14.9 Å². The summed E-state index contributed by atoms with van der Waals surface area (Å²) >= 11 is 0. The van der Waals surface area contributed by atoms with Gasteiger partial charge in [-0.25, -0.2) is 4.98 Å². The van der Waals surface area contributed by atoms with Gasteiger partial charge in [0.25, 0.3) is 0 Å². The fourth-order valence-corrected chi connectivity index (χ4v) is 1.95. The molecule has 1 aromatic heterocycles. The van der Waals surface area contributed by atoms with Crippen molar-refractivity contribution < 1.29 is 0 Å². The van der Waals surface area contributed by atoms with Gasteiger partial charge in [-0.3, -0.25) is 0 Å². The Morgan fingerprint density at radius 2 is 2.00 bits per heavy atom. The van der Waals surface area contributed by atoms with Crippen molar-refractivity contribution in [2.24, 2.45) is 0 Å². The Hall–Kier alpha value is -1.61. The summed E-state index contributed by atoms with van der Waals surface area (Å²) < 4.78 is 2.24. The van der Waals surface area contributed by atoms with Crippen molar-refractivity contribution in [2.75, 3.05) is 0 Å². The second-order valence-corrected chi connectivity index (χ2v) is 4.48. The molecular formula is C15H21N3. The number of imidazole rings is 1. The fraction of sp³-hybridized carbons (Fsp3) is 0.400. The number of aryl methyl sites for hydroxylation is 1. The number of hydrogen-bond acceptors (Lipinski definition) is 2. The molecule has 0 aliphatic rings. The Labute approximate surface area is 109 Å². The van der Waals surface area contributed by atoms with Gasteiger partial charge in [0, 0.05) is 25.5 Å². The monoisotopic (exact) mass is 243 g/mol. The summed E-state index contributed by atoms with van der Waals surface area (Å²) in [7, 11) is 0. The molecule has 3 nitrogen and oxygen atoms in total. The second-order valence-electron chi connectivity index (χ2n) is 4.48. The molecule has 1 N–H and O–H groups in total. The van der Waals surface area contributed by atoms with Crippen LogP contribution < -0.4 is 5.32 Å². The van der Waals surface area contributed by atoms with Crippen LogP contribution in [0.5, 0.6) is 0 Å². The SMILES string of the molecule is CCCCn1ccnc1CNCc1ccccc1. The van der Waals surface area contributed by atoms with E-state index in [-0.39, 0.29) is 0 Å². The first-order valence-electron chi connectivity index (χ1n) is 6.65. The van der Waals surface area contributed by atoms with Gasteiger partial charge in [0.15, 0.2) is 0 Å². The number of nitrogens with one attached hydrogen (secondary N) is 1. The first-order chi connectivity index (χ1) is 8.90. The van der Waals surface area contributed by atoms with Crippen LogP contribution >= 0.6 is 0 Å². The molecule has 96 valence electrons. The van der Waals surface area contributed by atoms with E-state index in [2.05, 4.69) is 52.3 Å². The highest BCUT2D eigenvalue weighted by Crippen LogP contribution is 2.02. The zero-order valence-corrected chi connectivity index (χ0v) is 11.0. The van der Waals surface area contributed by atoms with E-state index in [0.717, 1.165) is 25.5 Å². The Kier molecular flexibility index (Phi) is 4.97. The summed E-state index contributed by atoms with van der Waals surface area (Å²) in [6.45, 7) is 5.00. The van der Waals surface area contributed by atoms with Gasteiger partial charge in [-0.1, -0.05) is 43.7 Å². The first-order valence-corrected chi connectivity index (χ1v) is 6.65. The van der Waals surface area contributed by atoms with Crippen LogP contribution in [0.15, 0.2) is 42.7 Å². The van der Waals surface area contributed by atoms with E-state index in [1.165, 1.54) is 18.4 Å². The third-order valence-corrected chi connectivity index (χ3v) is 3.01. The van der Waals surface area contributed by atoms with E-state index in [1.807, 2.05) is 12.3 Å². The van der Waals surface area contributed by atoms with Gasteiger partial charge in [-0.05, 0) is 12.0 Å². The number of aromatic nitrogens is 2. The number of unbranched alkanes of at least 4 members (excludes halogenated alkanes) is 1. The minimum Gasteiger partial charge on any atom is -0.334 e. The molecule has 0 radical (unpaired) electrons. The van der Waals surface area contributed by atoms with Crippen LogP contribution in [0.4, 0.5) is 0 Å². The molecule has 0 saturated carbocycles. The second kappa shape index (κ2) is 6.97. The van der Waals surface area contributed by atoms with Gasteiger partial charge in [-0.15, -0.1) is 0 Å². The zero-order valence-electron chi connectivity index (χ0n) is 11.0. The third-order valence-electron chi connectivity index (χ3n) is 3.01. The Morgan fingerprint density at radius 1 is 1.17 bits per heavy atom. The number of hydrogen-bond donors (Lipinski definition) is 1. The Morgan fingerprint density at radius 3 is 2.78 bits per heavy atom. The van der Waals surface area contributed by atoms with Crippen molar-refractivity contribution in [3.8, 4) is 0 Å². The summed E-state index contributed by atoms with van der Waals surface area (Å²) in [4.78, 5) is 4.40. The van der Waals surface area contributed by atoms with E-state index in [4.69, 9.17) is 0 Å². The van der Waals surface area contributed by atoms with Gasteiger partial charge in [0.2, 0.25) is 0 Å². The van der Waals surface area contributed by atoms with E-state index in [1.54, 1.807) is 0 Å². The van der Waals surface area contributed by atoms with E-state index in [0.29, 0.717) is 0 Å². The molecule has 0 bridgehead atoms. The maximum absolute atomic E-state index is 4.40. The maximum Gasteiger partial charge on any atom is 0.122 e. The molecule has 0 aliphatic carbocycles. The summed E-state index contributed by atoms with van der Waals surface area (Å²) in [6.07, 6.45) is 6.38. The molecule has 0 saturated heterocycles. The average Bonchev–Trinajstić information content (AvgIpc) is 2.85. The van der Waals surface area contributed by atoms with Gasteiger partial charge >= 0.3 is 0 Å². The lowest BCUT2D eigenvalue weighted by Crippen LogP contribution is -2.16. The first kappa shape index (κ1) is 12.8. The van der Waals surface area contributed by atoms with Crippen LogP contribution in [0.3, 0.4) is 0 Å². The molecule has 0 fully saturated rings. The molecular weight excluding hydrogens is 222 g/mol. The predicted octanol–water partition coefficient (Wildman–Crippen LogP) is 2.97. The lowest BCUT2D eigenvalue weighted by molar-refractivity contribution is 0.570. The maximum atomic E-state index is 4.40. The minimum absolute atomic E-state index is 0.825. The lowest BCUT2D eigenvalue weighted by Gasteiger charge is -2.08. The topological polar surface area (TPSA) is 29.9 Å². The molecule has 0 aliphatic heterocycles. The quantitative estimate of drug-likeness (QED) is 0.810. The average molecular weight is 243 g/mol. The standard InChI is InChI=1S/C15H21N3/c1-2-3-10-18-11-9-17-15(18)13-16-12-14-7-5-4-6-8-14/h4-9,11,16H,2-3,10,12-13H2,1H3. The van der Waals surface area contributed by atoms with Crippen LogP contribution in [0, 0.1) is 0 Å². The minimum atomic E-state index is 0.825. The molecule has 1 heterocycles. The highest BCUT2D eigenvalue weighted by Gasteiger charge is 2.01. The summed E-state index contributed by atoms with van der Waals surface area (Å²) in [5.41, 5.74) is 1.31. The zero-order chi connectivity index (χ0) is 12.6. The Balaban J connectivity index is 1.81. The number of benzene rings is 1. The molecule has 0 spiro atoms. The van der Waals surface area contributed by atoms with Crippen LogP contribution in [0.1, 0.15) is 31.2 Å². The van der Waals surface area contributed by atoms with Crippen LogP contribution in [0.2, 0.25) is 0 Å². The summed E-state index contributed by atoms with van der Waals surface area (Å²) in [5.74, 6) is 1.12. The van der Waals surface area contributed by atoms with Crippen molar-refractivity contribution >= 4 is 0 Å². The van der Waals surface area contributed by atoms with Crippen molar-refractivity contribution in [1.29, 1.82) is 0 Å². The normalized spacial score (nSPS) is 10.7. The van der Waals surface area contributed by atoms with E-state index in [9.17, 15) is 0 Å². The van der Waals surface area contributed by atoms with Gasteiger partial charge in [0.05, 0.1) is 6.54 Å². The molecule has 2 rings (SSSR count). The van der Waals surface area contributed by atoms with Crippen LogP contribution in [-0.2, 0) is 19.6 Å². The Bertz CT molecular complexity index is 448. The molecule has 0 unspecified atom stereocenters.